The van der Waals surface area contributed by atoms with Crippen LogP contribution in [0, 0.1) is 10.1 Å². The Morgan fingerprint density at radius 2 is 2.19 bits per heavy atom. The summed E-state index contributed by atoms with van der Waals surface area (Å²) in [6, 6.07) is 3.43. The number of nitro benzene ring substituents is 1. The number of nitrogens with one attached hydrogen (secondary N) is 1. The summed E-state index contributed by atoms with van der Waals surface area (Å²) in [6.07, 6.45) is 1.64. The van der Waals surface area contributed by atoms with Crippen LogP contribution in [-0.2, 0) is 4.79 Å². The summed E-state index contributed by atoms with van der Waals surface area (Å²) >= 11 is 1.52. The molecule has 0 aromatic heterocycles. The van der Waals surface area contributed by atoms with Crippen LogP contribution in [0.25, 0.3) is 0 Å². The molecule has 0 spiro atoms. The third-order valence-electron chi connectivity index (χ3n) is 3.39. The van der Waals surface area contributed by atoms with Gasteiger partial charge in [0.1, 0.15) is 5.69 Å². The molecular weight excluding hydrogens is 296 g/mol. The molecule has 1 aromatic carbocycles. The lowest BCUT2D eigenvalue weighted by atomic mass is 10.0. The van der Waals surface area contributed by atoms with E-state index in [9.17, 15) is 19.7 Å². The number of aromatic carboxylic acids is 1. The zero-order valence-electron chi connectivity index (χ0n) is 11.3. The van der Waals surface area contributed by atoms with Gasteiger partial charge in [0.05, 0.1) is 15.2 Å². The Labute approximate surface area is 124 Å². The maximum absolute atomic E-state index is 12.3. The molecule has 1 aliphatic heterocycles. The van der Waals surface area contributed by atoms with Crippen molar-refractivity contribution in [2.75, 3.05) is 11.1 Å². The van der Waals surface area contributed by atoms with Crippen LogP contribution < -0.4 is 5.32 Å². The minimum Gasteiger partial charge on any atom is -0.478 e. The average Bonchev–Trinajstić information content (AvgIpc) is 2.87. The lowest BCUT2D eigenvalue weighted by molar-refractivity contribution is -0.384. The van der Waals surface area contributed by atoms with E-state index in [4.69, 9.17) is 5.11 Å². The van der Waals surface area contributed by atoms with Crippen molar-refractivity contribution in [3.05, 3.63) is 33.9 Å². The van der Waals surface area contributed by atoms with Crippen LogP contribution in [0.3, 0.4) is 0 Å². The molecule has 1 aromatic rings. The van der Waals surface area contributed by atoms with Crippen LogP contribution in [0.5, 0.6) is 0 Å². The number of anilines is 1. The zero-order valence-corrected chi connectivity index (χ0v) is 12.1. The summed E-state index contributed by atoms with van der Waals surface area (Å²) in [5.74, 6) is -0.672. The molecule has 1 heterocycles. The minimum absolute atomic E-state index is 0.0173. The minimum atomic E-state index is -1.26. The number of carboxylic acids is 1. The van der Waals surface area contributed by atoms with E-state index in [1.54, 1.807) is 6.92 Å². The van der Waals surface area contributed by atoms with E-state index in [1.807, 2.05) is 0 Å². The molecule has 1 aliphatic rings. The van der Waals surface area contributed by atoms with Crippen LogP contribution in [0.4, 0.5) is 11.4 Å². The van der Waals surface area contributed by atoms with Crippen LogP contribution in [-0.4, -0.2) is 32.4 Å². The van der Waals surface area contributed by atoms with Crippen LogP contribution in [0.15, 0.2) is 18.2 Å². The van der Waals surface area contributed by atoms with Crippen molar-refractivity contribution in [1.29, 1.82) is 0 Å². The average molecular weight is 310 g/mol. The van der Waals surface area contributed by atoms with Gasteiger partial charge in [-0.25, -0.2) is 4.79 Å². The maximum atomic E-state index is 12.3. The number of carboxylic acid groups (broad SMARTS) is 1. The third kappa shape index (κ3) is 3.15. The molecular formula is C13H14N2O5S. The van der Waals surface area contributed by atoms with Crippen molar-refractivity contribution in [3.63, 3.8) is 0 Å². The fourth-order valence-corrected chi connectivity index (χ4v) is 3.34. The fraction of sp³-hybridized carbons (Fsp3) is 0.385. The maximum Gasteiger partial charge on any atom is 0.335 e. The fourth-order valence-electron chi connectivity index (χ4n) is 2.13. The number of carbonyl (C=O) groups excluding carboxylic acids is 1. The molecule has 8 heteroatoms. The van der Waals surface area contributed by atoms with Gasteiger partial charge in [-0.1, -0.05) is 0 Å². The number of amides is 1. The van der Waals surface area contributed by atoms with Crippen molar-refractivity contribution < 1.29 is 19.6 Å². The molecule has 21 heavy (non-hydrogen) atoms. The molecule has 1 amide bonds. The van der Waals surface area contributed by atoms with E-state index in [1.165, 1.54) is 23.9 Å². The second-order valence-electron chi connectivity index (χ2n) is 4.93. The first kappa shape index (κ1) is 15.3. The van der Waals surface area contributed by atoms with Gasteiger partial charge in [0.25, 0.3) is 5.69 Å². The Bertz CT molecular complexity index is 611. The Balaban J connectivity index is 2.29. The zero-order chi connectivity index (χ0) is 15.6. The van der Waals surface area contributed by atoms with Crippen LogP contribution >= 0.6 is 11.8 Å². The van der Waals surface area contributed by atoms with E-state index in [0.29, 0.717) is 6.42 Å². The first-order valence-corrected chi connectivity index (χ1v) is 7.29. The Kier molecular flexibility index (Phi) is 4.17. The summed E-state index contributed by atoms with van der Waals surface area (Å²) < 4.78 is -0.598. The molecule has 1 fully saturated rings. The highest BCUT2D eigenvalue weighted by Gasteiger charge is 2.38. The highest BCUT2D eigenvalue weighted by atomic mass is 32.2. The number of carbonyl (C=O) groups is 2. The molecule has 0 radical (unpaired) electrons. The van der Waals surface area contributed by atoms with Gasteiger partial charge in [-0.3, -0.25) is 14.9 Å². The summed E-state index contributed by atoms with van der Waals surface area (Å²) in [7, 11) is 0. The smallest absolute Gasteiger partial charge is 0.335 e. The number of rotatable bonds is 4. The summed E-state index contributed by atoms with van der Waals surface area (Å²) in [5, 5.41) is 22.4. The highest BCUT2D eigenvalue weighted by Crippen LogP contribution is 2.39. The van der Waals surface area contributed by atoms with Crippen LogP contribution in [0.2, 0.25) is 0 Å². The van der Waals surface area contributed by atoms with Gasteiger partial charge in [-0.2, -0.15) is 0 Å². The molecule has 2 N–H and O–H groups in total. The molecule has 1 saturated heterocycles. The predicted octanol–water partition coefficient (Wildman–Crippen LogP) is 2.52. The Morgan fingerprint density at radius 3 is 2.71 bits per heavy atom. The van der Waals surface area contributed by atoms with Gasteiger partial charge in [-0.15, -0.1) is 11.8 Å². The van der Waals surface area contributed by atoms with Crippen molar-refractivity contribution in [1.82, 2.24) is 0 Å². The predicted molar refractivity (Wildman–Crippen MR) is 78.8 cm³/mol. The second-order valence-corrected chi connectivity index (χ2v) is 6.53. The van der Waals surface area contributed by atoms with Gasteiger partial charge in [0, 0.05) is 6.07 Å². The number of benzene rings is 1. The quantitative estimate of drug-likeness (QED) is 0.653. The van der Waals surface area contributed by atoms with E-state index in [-0.39, 0.29) is 17.2 Å². The van der Waals surface area contributed by atoms with Gasteiger partial charge < -0.3 is 10.4 Å². The van der Waals surface area contributed by atoms with Gasteiger partial charge in [0.2, 0.25) is 5.91 Å². The van der Waals surface area contributed by atoms with Crippen molar-refractivity contribution in [3.8, 4) is 0 Å². The molecule has 0 bridgehead atoms. The molecule has 0 saturated carbocycles. The molecule has 112 valence electrons. The molecule has 2 rings (SSSR count). The lowest BCUT2D eigenvalue weighted by Gasteiger charge is -2.21. The van der Waals surface area contributed by atoms with Crippen molar-refractivity contribution in [2.24, 2.45) is 0 Å². The summed E-state index contributed by atoms with van der Waals surface area (Å²) in [6.45, 7) is 1.80. The monoisotopic (exact) mass is 310 g/mol. The number of nitrogens with zero attached hydrogens (tertiary/aromatic N) is 1. The second kappa shape index (κ2) is 5.72. The Hall–Kier alpha value is -2.09. The van der Waals surface area contributed by atoms with Crippen molar-refractivity contribution >= 4 is 35.0 Å². The lowest BCUT2D eigenvalue weighted by Crippen LogP contribution is -2.34. The van der Waals surface area contributed by atoms with Gasteiger partial charge in [0.15, 0.2) is 0 Å². The highest BCUT2D eigenvalue weighted by molar-refractivity contribution is 8.01. The summed E-state index contributed by atoms with van der Waals surface area (Å²) in [5.41, 5.74) is -0.597. The van der Waals surface area contributed by atoms with Gasteiger partial charge >= 0.3 is 5.97 Å². The molecule has 7 nitrogen and oxygen atoms in total. The van der Waals surface area contributed by atoms with E-state index < -0.39 is 21.3 Å². The SMILES string of the molecule is CC1(C(=O)Nc2ccc(C(=O)O)cc2[N+](=O)[O-])CCCS1. The third-order valence-corrected chi connectivity index (χ3v) is 4.91. The first-order chi connectivity index (χ1) is 9.83. The van der Waals surface area contributed by atoms with E-state index >= 15 is 0 Å². The number of hydrogen-bond donors (Lipinski definition) is 2. The largest absolute Gasteiger partial charge is 0.478 e. The number of nitro groups is 1. The van der Waals surface area contributed by atoms with Crippen molar-refractivity contribution in [2.45, 2.75) is 24.5 Å². The molecule has 1 unspecified atom stereocenters. The van der Waals surface area contributed by atoms with E-state index in [2.05, 4.69) is 5.32 Å². The number of thioether (sulfide) groups is 1. The topological polar surface area (TPSA) is 110 Å². The summed E-state index contributed by atoms with van der Waals surface area (Å²) in [4.78, 5) is 33.4. The number of hydrogen-bond acceptors (Lipinski definition) is 5. The Morgan fingerprint density at radius 1 is 1.48 bits per heavy atom. The van der Waals surface area contributed by atoms with Gasteiger partial charge in [-0.05, 0) is 37.7 Å². The normalized spacial score (nSPS) is 21.0. The van der Waals surface area contributed by atoms with E-state index in [0.717, 1.165) is 18.2 Å². The van der Waals surface area contributed by atoms with Crippen LogP contribution in [0.1, 0.15) is 30.1 Å². The molecule has 1 atom stereocenters. The standard InChI is InChI=1S/C13H14N2O5S/c1-13(5-2-6-21-13)12(18)14-9-4-3-8(11(16)17)7-10(9)15(19)20/h3-4,7H,2,5-6H2,1H3,(H,14,18)(H,16,17). The first-order valence-electron chi connectivity index (χ1n) is 6.30. The molecule has 0 aliphatic carbocycles.